The molecule has 1 aromatic rings. The molecule has 1 rings (SSSR count). The van der Waals surface area contributed by atoms with Crippen molar-refractivity contribution in [3.8, 4) is 0 Å². The van der Waals surface area contributed by atoms with E-state index in [0.717, 1.165) is 12.1 Å². The van der Waals surface area contributed by atoms with Crippen LogP contribution in [0, 0.1) is 15.9 Å². The van der Waals surface area contributed by atoms with Gasteiger partial charge in [0, 0.05) is 6.07 Å². The highest BCUT2D eigenvalue weighted by Gasteiger charge is 2.29. The van der Waals surface area contributed by atoms with E-state index in [2.05, 4.69) is 5.32 Å². The number of halogens is 1. The number of nitrogens with zero attached hydrogens (tertiary/aromatic N) is 1. The molecule has 3 N–H and O–H groups in total. The third kappa shape index (κ3) is 2.80. The standard InChI is InChI=1S/C11H14FN3O3/c1-3-11(2,13)10(16)14-9-7(12)5-4-6-8(9)15(17)18/h4-6H,3,13H2,1-2H3,(H,14,16). The number of nitrogens with one attached hydrogen (secondary N) is 1. The van der Waals surface area contributed by atoms with Crippen molar-refractivity contribution in [1.29, 1.82) is 0 Å². The van der Waals surface area contributed by atoms with Gasteiger partial charge < -0.3 is 11.1 Å². The minimum Gasteiger partial charge on any atom is -0.318 e. The van der Waals surface area contributed by atoms with E-state index >= 15 is 0 Å². The molecule has 0 saturated carbocycles. The average molecular weight is 255 g/mol. The number of benzene rings is 1. The summed E-state index contributed by atoms with van der Waals surface area (Å²) in [5.41, 5.74) is 3.50. The summed E-state index contributed by atoms with van der Waals surface area (Å²) in [6.07, 6.45) is 0.321. The highest BCUT2D eigenvalue weighted by atomic mass is 19.1. The molecule has 18 heavy (non-hydrogen) atoms. The van der Waals surface area contributed by atoms with Crippen LogP contribution in [0.25, 0.3) is 0 Å². The summed E-state index contributed by atoms with van der Waals surface area (Å²) < 4.78 is 13.5. The molecule has 1 unspecified atom stereocenters. The molecule has 1 atom stereocenters. The molecule has 1 aromatic carbocycles. The largest absolute Gasteiger partial charge is 0.318 e. The van der Waals surface area contributed by atoms with Crippen molar-refractivity contribution in [3.05, 3.63) is 34.1 Å². The molecule has 0 aromatic heterocycles. The lowest BCUT2D eigenvalue weighted by atomic mass is 9.99. The SMILES string of the molecule is CCC(C)(N)C(=O)Nc1c(F)cccc1[N+](=O)[O-]. The predicted molar refractivity (Wildman–Crippen MR) is 64.6 cm³/mol. The van der Waals surface area contributed by atoms with Crippen molar-refractivity contribution in [2.24, 2.45) is 5.73 Å². The average Bonchev–Trinajstić information content (AvgIpc) is 2.31. The molecule has 0 aliphatic heterocycles. The van der Waals surface area contributed by atoms with E-state index in [1.807, 2.05) is 0 Å². The lowest BCUT2D eigenvalue weighted by Crippen LogP contribution is -2.48. The normalized spacial score (nSPS) is 13.8. The van der Waals surface area contributed by atoms with Crippen LogP contribution in [0.15, 0.2) is 18.2 Å². The number of hydrogen-bond acceptors (Lipinski definition) is 4. The van der Waals surface area contributed by atoms with E-state index in [9.17, 15) is 19.3 Å². The molecule has 0 fully saturated rings. The van der Waals surface area contributed by atoms with Gasteiger partial charge in [0.1, 0.15) is 0 Å². The Bertz CT molecular complexity index is 488. The van der Waals surface area contributed by atoms with Crippen molar-refractivity contribution in [3.63, 3.8) is 0 Å². The number of amides is 1. The molecule has 0 saturated heterocycles. The Morgan fingerprint density at radius 2 is 2.22 bits per heavy atom. The van der Waals surface area contributed by atoms with Crippen molar-refractivity contribution in [2.45, 2.75) is 25.8 Å². The summed E-state index contributed by atoms with van der Waals surface area (Å²) in [5.74, 6) is -1.54. The minimum atomic E-state index is -1.21. The molecule has 1 amide bonds. The maximum atomic E-state index is 13.5. The number of rotatable bonds is 4. The molecule has 6 nitrogen and oxygen atoms in total. The minimum absolute atomic E-state index is 0.321. The predicted octanol–water partition coefficient (Wildman–Crippen LogP) is 1.80. The molecule has 0 bridgehead atoms. The van der Waals surface area contributed by atoms with Gasteiger partial charge in [-0.1, -0.05) is 13.0 Å². The molecule has 98 valence electrons. The van der Waals surface area contributed by atoms with E-state index in [0.29, 0.717) is 6.42 Å². The molecule has 0 aliphatic carbocycles. The van der Waals surface area contributed by atoms with Crippen molar-refractivity contribution in [1.82, 2.24) is 0 Å². The fourth-order valence-electron chi connectivity index (χ4n) is 1.21. The first-order valence-corrected chi connectivity index (χ1v) is 5.33. The van der Waals surface area contributed by atoms with E-state index in [4.69, 9.17) is 5.73 Å². The first-order valence-electron chi connectivity index (χ1n) is 5.33. The van der Waals surface area contributed by atoms with E-state index in [1.54, 1.807) is 6.92 Å². The number of carbonyl (C=O) groups excluding carboxylic acids is 1. The first-order chi connectivity index (χ1) is 8.29. The third-order valence-electron chi connectivity index (χ3n) is 2.68. The number of nitrogens with two attached hydrogens (primary N) is 1. The summed E-state index contributed by atoms with van der Waals surface area (Å²) in [6.45, 7) is 3.16. The molecule has 0 spiro atoms. The van der Waals surface area contributed by atoms with Crippen LogP contribution in [0.2, 0.25) is 0 Å². The maximum absolute atomic E-state index is 13.5. The van der Waals surface area contributed by atoms with Crippen LogP contribution in [-0.2, 0) is 4.79 Å². The van der Waals surface area contributed by atoms with Gasteiger partial charge in [-0.3, -0.25) is 14.9 Å². The zero-order valence-corrected chi connectivity index (χ0v) is 10.1. The topological polar surface area (TPSA) is 98.3 Å². The summed E-state index contributed by atoms with van der Waals surface area (Å²) in [4.78, 5) is 21.7. The van der Waals surface area contributed by atoms with Crippen molar-refractivity contribution >= 4 is 17.3 Å². The van der Waals surface area contributed by atoms with Gasteiger partial charge in [0.15, 0.2) is 11.5 Å². The maximum Gasteiger partial charge on any atom is 0.295 e. The first kappa shape index (κ1) is 14.0. The van der Waals surface area contributed by atoms with Crippen molar-refractivity contribution < 1.29 is 14.1 Å². The monoisotopic (exact) mass is 255 g/mol. The number of nitro groups is 1. The molecule has 7 heteroatoms. The van der Waals surface area contributed by atoms with Crippen LogP contribution >= 0.6 is 0 Å². The van der Waals surface area contributed by atoms with Gasteiger partial charge in [-0.15, -0.1) is 0 Å². The lowest BCUT2D eigenvalue weighted by molar-refractivity contribution is -0.384. The van der Waals surface area contributed by atoms with Crippen LogP contribution in [0.5, 0.6) is 0 Å². The van der Waals surface area contributed by atoms with Gasteiger partial charge in [0.05, 0.1) is 10.5 Å². The lowest BCUT2D eigenvalue weighted by Gasteiger charge is -2.21. The van der Waals surface area contributed by atoms with Gasteiger partial charge in [0.25, 0.3) is 5.69 Å². The second-order valence-corrected chi connectivity index (χ2v) is 4.12. The van der Waals surface area contributed by atoms with Crippen LogP contribution < -0.4 is 11.1 Å². The van der Waals surface area contributed by atoms with Crippen molar-refractivity contribution in [2.75, 3.05) is 5.32 Å². The Labute approximate surface area is 103 Å². The van der Waals surface area contributed by atoms with Crippen LogP contribution in [0.1, 0.15) is 20.3 Å². The van der Waals surface area contributed by atoms with Crippen LogP contribution in [0.4, 0.5) is 15.8 Å². The van der Waals surface area contributed by atoms with Gasteiger partial charge in [-0.05, 0) is 19.4 Å². The highest BCUT2D eigenvalue weighted by Crippen LogP contribution is 2.27. The fourth-order valence-corrected chi connectivity index (χ4v) is 1.21. The zero-order chi connectivity index (χ0) is 13.9. The van der Waals surface area contributed by atoms with Gasteiger partial charge in [0.2, 0.25) is 5.91 Å². The Morgan fingerprint density at radius 1 is 1.61 bits per heavy atom. The third-order valence-corrected chi connectivity index (χ3v) is 2.68. The molecule has 0 heterocycles. The van der Waals surface area contributed by atoms with Gasteiger partial charge in [-0.25, -0.2) is 4.39 Å². The molecular formula is C11H14FN3O3. The second kappa shape index (κ2) is 5.09. The fraction of sp³-hybridized carbons (Fsp3) is 0.364. The van der Waals surface area contributed by atoms with E-state index < -0.39 is 33.6 Å². The Kier molecular flexibility index (Phi) is 3.97. The van der Waals surface area contributed by atoms with Gasteiger partial charge >= 0.3 is 0 Å². The summed E-state index contributed by atoms with van der Waals surface area (Å²) >= 11 is 0. The second-order valence-electron chi connectivity index (χ2n) is 4.12. The number of anilines is 1. The summed E-state index contributed by atoms with van der Waals surface area (Å²) in [6, 6.07) is 3.34. The van der Waals surface area contributed by atoms with Crippen LogP contribution in [0.3, 0.4) is 0 Å². The Morgan fingerprint density at radius 3 is 2.72 bits per heavy atom. The number of nitro benzene ring substituents is 1. The summed E-state index contributed by atoms with van der Waals surface area (Å²) in [5, 5.41) is 12.9. The zero-order valence-electron chi connectivity index (χ0n) is 10.1. The molecule has 0 radical (unpaired) electrons. The quantitative estimate of drug-likeness (QED) is 0.633. The van der Waals surface area contributed by atoms with Crippen LogP contribution in [-0.4, -0.2) is 16.4 Å². The smallest absolute Gasteiger partial charge is 0.295 e. The summed E-state index contributed by atoms with van der Waals surface area (Å²) in [7, 11) is 0. The van der Waals surface area contributed by atoms with E-state index in [1.165, 1.54) is 13.0 Å². The van der Waals surface area contributed by atoms with E-state index in [-0.39, 0.29) is 0 Å². The Balaban J connectivity index is 3.12. The molecule has 0 aliphatic rings. The molecular weight excluding hydrogens is 241 g/mol. The Hall–Kier alpha value is -2.02. The number of para-hydroxylation sites is 1. The highest BCUT2D eigenvalue weighted by molar-refractivity contribution is 5.99. The number of hydrogen-bond donors (Lipinski definition) is 2. The number of carbonyl (C=O) groups is 1. The van der Waals surface area contributed by atoms with Gasteiger partial charge in [-0.2, -0.15) is 0 Å².